The van der Waals surface area contributed by atoms with E-state index in [9.17, 15) is 0 Å². The third kappa shape index (κ3) is 6.92. The number of aromatic nitrogens is 5. The van der Waals surface area contributed by atoms with Crippen LogP contribution in [-0.4, -0.2) is 27.3 Å². The maximum absolute atomic E-state index is 2.59. The lowest BCUT2D eigenvalue weighted by atomic mass is 9.84. The van der Waals surface area contributed by atoms with Gasteiger partial charge in [-0.15, -0.1) is 0 Å². The van der Waals surface area contributed by atoms with Crippen molar-refractivity contribution in [1.29, 1.82) is 0 Å². The molecule has 0 saturated heterocycles. The molecule has 0 N–H and O–H groups in total. The summed E-state index contributed by atoms with van der Waals surface area (Å²) in [5.74, 6) is 0. The first-order chi connectivity index (χ1) is 33.8. The van der Waals surface area contributed by atoms with Crippen molar-refractivity contribution < 1.29 is 9.13 Å². The third-order valence-corrected chi connectivity index (χ3v) is 15.1. The number of aryl methyl sites for hydroxylation is 5. The van der Waals surface area contributed by atoms with Crippen LogP contribution in [0.3, 0.4) is 0 Å². The molecule has 0 bridgehead atoms. The molecular formula is C63H54N6+2. The van der Waals surface area contributed by atoms with Crippen LogP contribution in [-0.2, 0) is 47.1 Å². The van der Waals surface area contributed by atoms with E-state index in [4.69, 9.17) is 0 Å². The molecule has 69 heavy (non-hydrogen) atoms. The molecule has 6 heteroatoms. The standard InChI is InChI=1S/C63H54N6/c1-64-38-46(52-13-5-9-17-56(52)64)22-21-42-34-50(27-25-47-39-65(2)57-18-10-6-14-53(47)57)68-31-29-44-23-24-45-30-32-69-51(28-26-48-40-66(3)58-19-11-7-15-54(48)58)35-43(37-61(69)63(45)62(44)60(68)36-42)33-49-41-67(4)59-20-12-8-16-55(49)59/h5-28,33-40H,29-32,41H2,1-4H3/q+2. The van der Waals surface area contributed by atoms with Crippen molar-refractivity contribution in [1.82, 2.24) is 13.7 Å². The maximum Gasteiger partial charge on any atom is 0.214 e. The van der Waals surface area contributed by atoms with E-state index < -0.39 is 0 Å². The number of rotatable bonds is 7. The van der Waals surface area contributed by atoms with Crippen molar-refractivity contribution in [2.24, 2.45) is 21.1 Å². The Morgan fingerprint density at radius 1 is 0.449 bits per heavy atom. The molecule has 0 spiro atoms. The fourth-order valence-electron chi connectivity index (χ4n) is 11.7. The normalized spacial score (nSPS) is 14.8. The number of fused-ring (bicyclic) bond motifs is 11. The number of benzene rings is 5. The summed E-state index contributed by atoms with van der Waals surface area (Å²) in [5.41, 5.74) is 24.2. The van der Waals surface area contributed by atoms with Crippen LogP contribution in [0.4, 0.5) is 5.69 Å². The van der Waals surface area contributed by atoms with Crippen LogP contribution in [0.25, 0.3) is 103 Å². The minimum Gasteiger partial charge on any atom is -0.370 e. The van der Waals surface area contributed by atoms with Crippen LogP contribution in [0, 0.1) is 0 Å². The fraction of sp³-hybridized carbons (Fsp3) is 0.143. The zero-order chi connectivity index (χ0) is 46.3. The highest BCUT2D eigenvalue weighted by Gasteiger charge is 2.36. The van der Waals surface area contributed by atoms with E-state index in [-0.39, 0.29) is 0 Å². The fourth-order valence-corrected chi connectivity index (χ4v) is 11.7. The summed E-state index contributed by atoms with van der Waals surface area (Å²) in [6, 6.07) is 49.5. The van der Waals surface area contributed by atoms with Gasteiger partial charge in [0, 0.05) is 158 Å². The van der Waals surface area contributed by atoms with Crippen molar-refractivity contribution in [2.45, 2.75) is 25.9 Å². The van der Waals surface area contributed by atoms with Crippen LogP contribution >= 0.6 is 0 Å². The molecule has 5 aromatic carbocycles. The molecule has 6 nitrogen and oxygen atoms in total. The Hall–Kier alpha value is -8.22. The molecule has 0 fully saturated rings. The van der Waals surface area contributed by atoms with E-state index in [1.54, 1.807) is 0 Å². The summed E-state index contributed by atoms with van der Waals surface area (Å²) in [6.45, 7) is 2.69. The predicted molar refractivity (Wildman–Crippen MR) is 288 cm³/mol. The Labute approximate surface area is 403 Å². The molecule has 0 saturated carbocycles. The molecule has 334 valence electrons. The summed E-state index contributed by atoms with van der Waals surface area (Å²) in [6.07, 6.45) is 25.1. The quantitative estimate of drug-likeness (QED) is 0.146. The molecule has 0 atom stereocenters. The molecule has 3 aliphatic rings. The number of likely N-dealkylation sites (N-methyl/N-ethyl adjacent to an activating group) is 1. The zero-order valence-electron chi connectivity index (χ0n) is 39.7. The van der Waals surface area contributed by atoms with Crippen LogP contribution in [0.2, 0.25) is 0 Å². The lowest BCUT2D eigenvalue weighted by Gasteiger charge is -2.24. The first-order valence-electron chi connectivity index (χ1n) is 24.3. The number of para-hydroxylation sites is 4. The second-order valence-corrected chi connectivity index (χ2v) is 19.3. The van der Waals surface area contributed by atoms with Gasteiger partial charge in [-0.2, -0.15) is 9.13 Å². The molecule has 8 heterocycles. The Balaban J connectivity index is 1.01. The van der Waals surface area contributed by atoms with Gasteiger partial charge in [0.25, 0.3) is 0 Å². The Morgan fingerprint density at radius 3 is 1.43 bits per heavy atom. The van der Waals surface area contributed by atoms with Gasteiger partial charge in [-0.3, -0.25) is 0 Å². The van der Waals surface area contributed by atoms with Gasteiger partial charge in [-0.25, -0.2) is 0 Å². The monoisotopic (exact) mass is 894 g/mol. The van der Waals surface area contributed by atoms with E-state index in [1.807, 2.05) is 0 Å². The summed E-state index contributed by atoms with van der Waals surface area (Å²) in [5, 5.41) is 3.79. The van der Waals surface area contributed by atoms with Gasteiger partial charge in [-0.1, -0.05) is 97.1 Å². The molecule has 5 aromatic heterocycles. The molecular weight excluding hydrogens is 841 g/mol. The Morgan fingerprint density at radius 2 is 0.899 bits per heavy atom. The summed E-state index contributed by atoms with van der Waals surface area (Å²) in [4.78, 5) is 2.37. The zero-order valence-corrected chi connectivity index (χ0v) is 39.7. The average Bonchev–Trinajstić information content (AvgIpc) is 4.10. The van der Waals surface area contributed by atoms with Crippen molar-refractivity contribution in [2.75, 3.05) is 18.5 Å². The average molecular weight is 895 g/mol. The number of anilines is 1. The predicted octanol–water partition coefficient (Wildman–Crippen LogP) is 12.7. The van der Waals surface area contributed by atoms with E-state index in [2.05, 4.69) is 251 Å². The van der Waals surface area contributed by atoms with Gasteiger partial charge in [0.2, 0.25) is 22.8 Å². The summed E-state index contributed by atoms with van der Waals surface area (Å²) in [7, 11) is 8.63. The molecule has 10 aromatic rings. The maximum atomic E-state index is 2.59. The Bertz CT molecular complexity index is 3880. The van der Waals surface area contributed by atoms with Crippen LogP contribution in [0.1, 0.15) is 55.9 Å². The van der Waals surface area contributed by atoms with Crippen LogP contribution in [0.15, 0.2) is 152 Å². The summed E-state index contributed by atoms with van der Waals surface area (Å²) >= 11 is 0. The number of hydrogen-bond donors (Lipinski definition) is 0. The number of pyridine rings is 2. The lowest BCUT2D eigenvalue weighted by molar-refractivity contribution is -0.691. The lowest BCUT2D eigenvalue weighted by Crippen LogP contribution is -2.46. The highest BCUT2D eigenvalue weighted by molar-refractivity contribution is 5.97. The second kappa shape index (κ2) is 16.2. The van der Waals surface area contributed by atoms with Gasteiger partial charge < -0.3 is 18.6 Å². The van der Waals surface area contributed by atoms with Crippen LogP contribution < -0.4 is 14.0 Å². The summed E-state index contributed by atoms with van der Waals surface area (Å²) < 4.78 is 11.9. The van der Waals surface area contributed by atoms with Gasteiger partial charge >= 0.3 is 0 Å². The van der Waals surface area contributed by atoms with Crippen molar-refractivity contribution in [3.63, 3.8) is 0 Å². The van der Waals surface area contributed by atoms with Crippen molar-refractivity contribution in [3.05, 3.63) is 208 Å². The minimum absolute atomic E-state index is 0.880. The first-order valence-corrected chi connectivity index (χ1v) is 24.3. The van der Waals surface area contributed by atoms with Crippen molar-refractivity contribution in [3.8, 4) is 22.5 Å². The SMILES string of the molecule is CN1C/C(=C/c2cc(/C=C/c3cn(C)c4ccccc34)[n+]3c(c2)-c2c(ccc4c2-c2cc(/C=C/c5cn(C)c6ccccc56)cc(/C=C/c5cn(C)c6ccccc56)[n+]2CC4)CC3)c2ccccc21. The molecule has 0 amide bonds. The molecule has 13 rings (SSSR count). The topological polar surface area (TPSA) is 25.8 Å². The van der Waals surface area contributed by atoms with Gasteiger partial charge in [-0.05, 0) is 75.9 Å². The molecule has 0 aliphatic carbocycles. The van der Waals surface area contributed by atoms with E-state index >= 15 is 0 Å². The highest BCUT2D eigenvalue weighted by atomic mass is 15.1. The van der Waals surface area contributed by atoms with Crippen molar-refractivity contribution >= 4 is 86.5 Å². The largest absolute Gasteiger partial charge is 0.370 e. The van der Waals surface area contributed by atoms with Crippen LogP contribution in [0.5, 0.6) is 0 Å². The second-order valence-electron chi connectivity index (χ2n) is 19.3. The third-order valence-electron chi connectivity index (χ3n) is 15.1. The molecule has 0 radical (unpaired) electrons. The van der Waals surface area contributed by atoms with E-state index in [0.29, 0.717) is 0 Å². The van der Waals surface area contributed by atoms with Gasteiger partial charge in [0.15, 0.2) is 13.1 Å². The highest BCUT2D eigenvalue weighted by Crippen LogP contribution is 2.42. The minimum atomic E-state index is 0.880. The van der Waals surface area contributed by atoms with Gasteiger partial charge in [0.1, 0.15) is 0 Å². The van der Waals surface area contributed by atoms with E-state index in [0.717, 1.165) is 32.5 Å². The molecule has 0 unspecified atom stereocenters. The van der Waals surface area contributed by atoms with E-state index in [1.165, 1.54) is 122 Å². The molecule has 3 aliphatic heterocycles. The first kappa shape index (κ1) is 41.0. The Kier molecular flexibility index (Phi) is 9.65. The number of nitrogens with zero attached hydrogens (tertiary/aromatic N) is 6. The van der Waals surface area contributed by atoms with Gasteiger partial charge in [0.05, 0.1) is 11.1 Å². The smallest absolute Gasteiger partial charge is 0.214 e. The number of hydrogen-bond acceptors (Lipinski definition) is 1.